The lowest BCUT2D eigenvalue weighted by Gasteiger charge is -2.38. The third-order valence-electron chi connectivity index (χ3n) is 3.98. The van der Waals surface area contributed by atoms with Gasteiger partial charge in [0.15, 0.2) is 0 Å². The zero-order chi connectivity index (χ0) is 13.6. The van der Waals surface area contributed by atoms with E-state index < -0.39 is 0 Å². The average molecular weight is 252 g/mol. The van der Waals surface area contributed by atoms with Crippen molar-refractivity contribution >= 4 is 0 Å². The lowest BCUT2D eigenvalue weighted by atomic mass is 9.92. The molecule has 18 heavy (non-hydrogen) atoms. The molecule has 0 aliphatic heterocycles. The molecule has 1 aromatic heterocycles. The first-order valence-electron chi connectivity index (χ1n) is 6.91. The van der Waals surface area contributed by atoms with Gasteiger partial charge < -0.3 is 10.3 Å². The fraction of sp³-hybridized carbons (Fsp3) is 0.786. The van der Waals surface area contributed by atoms with Gasteiger partial charge in [-0.1, -0.05) is 26.2 Å². The lowest BCUT2D eigenvalue weighted by molar-refractivity contribution is 0.118. The molecule has 0 saturated carbocycles. The monoisotopic (exact) mass is 252 g/mol. The van der Waals surface area contributed by atoms with Gasteiger partial charge in [0.1, 0.15) is 5.82 Å². The van der Waals surface area contributed by atoms with Crippen LogP contribution in [0.3, 0.4) is 0 Å². The Morgan fingerprint density at radius 2 is 2.17 bits per heavy atom. The van der Waals surface area contributed by atoms with Crippen molar-refractivity contribution < 1.29 is 0 Å². The third-order valence-corrected chi connectivity index (χ3v) is 3.98. The molecule has 4 heteroatoms. The molecular formula is C14H28N4. The molecule has 2 N–H and O–H groups in total. The van der Waals surface area contributed by atoms with Crippen molar-refractivity contribution in [2.24, 2.45) is 12.8 Å². The molecule has 1 aromatic rings. The minimum absolute atomic E-state index is 0.0706. The molecule has 1 atom stereocenters. The van der Waals surface area contributed by atoms with Crippen LogP contribution in [0.15, 0.2) is 12.4 Å². The Hall–Kier alpha value is -0.870. The Morgan fingerprint density at radius 1 is 1.44 bits per heavy atom. The molecule has 0 bridgehead atoms. The standard InChI is InChI=1S/C14H28N4/c1-5-6-7-8-14(2,12-15)18(4)11-13-16-9-10-17(13)3/h9-10H,5-8,11-12,15H2,1-4H3. The Labute approximate surface area is 111 Å². The Kier molecular flexibility index (Phi) is 5.82. The van der Waals surface area contributed by atoms with Crippen LogP contribution in [0.2, 0.25) is 0 Å². The lowest BCUT2D eigenvalue weighted by Crippen LogP contribution is -2.49. The molecule has 0 spiro atoms. The molecule has 0 aliphatic carbocycles. The van der Waals surface area contributed by atoms with Crippen LogP contribution in [0.5, 0.6) is 0 Å². The van der Waals surface area contributed by atoms with E-state index in [2.05, 4.69) is 35.3 Å². The maximum Gasteiger partial charge on any atom is 0.122 e. The summed E-state index contributed by atoms with van der Waals surface area (Å²) in [4.78, 5) is 6.72. The molecule has 4 nitrogen and oxygen atoms in total. The summed E-state index contributed by atoms with van der Waals surface area (Å²) in [6.45, 7) is 6.03. The van der Waals surface area contributed by atoms with Gasteiger partial charge in [-0.3, -0.25) is 4.90 Å². The highest BCUT2D eigenvalue weighted by molar-refractivity contribution is 4.94. The number of unbranched alkanes of at least 4 members (excludes halogenated alkanes) is 2. The summed E-state index contributed by atoms with van der Waals surface area (Å²) in [7, 11) is 4.18. The fourth-order valence-electron chi connectivity index (χ4n) is 2.16. The average Bonchev–Trinajstić information content (AvgIpc) is 2.75. The van der Waals surface area contributed by atoms with Crippen LogP contribution < -0.4 is 5.73 Å². The number of nitrogens with two attached hydrogens (primary N) is 1. The number of aryl methyl sites for hydroxylation is 1. The van der Waals surface area contributed by atoms with Crippen LogP contribution in [-0.2, 0) is 13.6 Å². The normalized spacial score (nSPS) is 15.0. The smallest absolute Gasteiger partial charge is 0.122 e. The van der Waals surface area contributed by atoms with Crippen molar-refractivity contribution in [2.45, 2.75) is 51.6 Å². The molecule has 1 unspecified atom stereocenters. The zero-order valence-electron chi connectivity index (χ0n) is 12.3. The fourth-order valence-corrected chi connectivity index (χ4v) is 2.16. The van der Waals surface area contributed by atoms with Crippen LogP contribution >= 0.6 is 0 Å². The summed E-state index contributed by atoms with van der Waals surface area (Å²) in [6.07, 6.45) is 8.77. The highest BCUT2D eigenvalue weighted by atomic mass is 15.2. The molecule has 0 aliphatic rings. The van der Waals surface area contributed by atoms with Crippen molar-refractivity contribution in [1.82, 2.24) is 14.5 Å². The predicted octanol–water partition coefficient (Wildman–Crippen LogP) is 2.15. The first-order chi connectivity index (χ1) is 8.53. The molecule has 0 amide bonds. The van der Waals surface area contributed by atoms with Gasteiger partial charge in [0.05, 0.1) is 6.54 Å². The number of hydrogen-bond acceptors (Lipinski definition) is 3. The SMILES string of the molecule is CCCCCC(C)(CN)N(C)Cc1nccn1C. The number of nitrogens with zero attached hydrogens (tertiary/aromatic N) is 3. The topological polar surface area (TPSA) is 47.1 Å². The van der Waals surface area contributed by atoms with E-state index in [1.807, 2.05) is 19.4 Å². The molecule has 104 valence electrons. The molecule has 0 aromatic carbocycles. The van der Waals surface area contributed by atoms with Gasteiger partial charge in [-0.2, -0.15) is 0 Å². The maximum atomic E-state index is 5.99. The molecular weight excluding hydrogens is 224 g/mol. The highest BCUT2D eigenvalue weighted by Gasteiger charge is 2.27. The quantitative estimate of drug-likeness (QED) is 0.721. The van der Waals surface area contributed by atoms with Gasteiger partial charge in [-0.25, -0.2) is 4.98 Å². The molecule has 0 saturated heterocycles. The molecule has 1 heterocycles. The Balaban J connectivity index is 2.60. The van der Waals surface area contributed by atoms with Gasteiger partial charge in [0.2, 0.25) is 0 Å². The van der Waals surface area contributed by atoms with Gasteiger partial charge >= 0.3 is 0 Å². The minimum atomic E-state index is 0.0706. The largest absolute Gasteiger partial charge is 0.337 e. The van der Waals surface area contributed by atoms with Crippen molar-refractivity contribution in [1.29, 1.82) is 0 Å². The molecule has 0 radical (unpaired) electrons. The number of hydrogen-bond donors (Lipinski definition) is 1. The second-order valence-corrected chi connectivity index (χ2v) is 5.47. The van der Waals surface area contributed by atoms with Crippen LogP contribution in [0, 0.1) is 0 Å². The van der Waals surface area contributed by atoms with Crippen LogP contribution in [0.4, 0.5) is 0 Å². The van der Waals surface area contributed by atoms with E-state index in [9.17, 15) is 0 Å². The first-order valence-corrected chi connectivity index (χ1v) is 6.91. The van der Waals surface area contributed by atoms with Crippen LogP contribution in [0.25, 0.3) is 0 Å². The summed E-state index contributed by atoms with van der Waals surface area (Å²) in [5.74, 6) is 1.09. The van der Waals surface area contributed by atoms with Crippen molar-refractivity contribution in [3.05, 3.63) is 18.2 Å². The van der Waals surface area contributed by atoms with Crippen LogP contribution in [0.1, 0.15) is 45.4 Å². The van der Waals surface area contributed by atoms with Gasteiger partial charge in [0.25, 0.3) is 0 Å². The van der Waals surface area contributed by atoms with E-state index in [1.54, 1.807) is 0 Å². The first kappa shape index (κ1) is 15.2. The van der Waals surface area contributed by atoms with Gasteiger partial charge in [-0.15, -0.1) is 0 Å². The summed E-state index contributed by atoms with van der Waals surface area (Å²) in [5.41, 5.74) is 6.06. The van der Waals surface area contributed by atoms with E-state index in [4.69, 9.17) is 5.73 Å². The highest BCUT2D eigenvalue weighted by Crippen LogP contribution is 2.21. The number of likely N-dealkylation sites (N-methyl/N-ethyl adjacent to an activating group) is 1. The number of rotatable bonds is 8. The second kappa shape index (κ2) is 6.90. The molecule has 1 rings (SSSR count). The number of aromatic nitrogens is 2. The van der Waals surface area contributed by atoms with Gasteiger partial charge in [-0.05, 0) is 20.4 Å². The maximum absolute atomic E-state index is 5.99. The van der Waals surface area contributed by atoms with E-state index >= 15 is 0 Å². The summed E-state index contributed by atoms with van der Waals surface area (Å²) in [5, 5.41) is 0. The molecule has 0 fully saturated rings. The van der Waals surface area contributed by atoms with E-state index in [0.717, 1.165) is 18.8 Å². The Morgan fingerprint density at radius 3 is 2.67 bits per heavy atom. The summed E-state index contributed by atoms with van der Waals surface area (Å²) in [6, 6.07) is 0. The Bertz CT molecular complexity index is 347. The second-order valence-electron chi connectivity index (χ2n) is 5.47. The van der Waals surface area contributed by atoms with E-state index in [1.165, 1.54) is 19.3 Å². The predicted molar refractivity (Wildman–Crippen MR) is 76.3 cm³/mol. The van der Waals surface area contributed by atoms with Gasteiger partial charge in [0, 0.05) is 31.5 Å². The zero-order valence-corrected chi connectivity index (χ0v) is 12.3. The van der Waals surface area contributed by atoms with E-state index in [0.29, 0.717) is 6.54 Å². The van der Waals surface area contributed by atoms with Crippen molar-refractivity contribution in [2.75, 3.05) is 13.6 Å². The summed E-state index contributed by atoms with van der Waals surface area (Å²) < 4.78 is 2.07. The third kappa shape index (κ3) is 3.82. The van der Waals surface area contributed by atoms with Crippen LogP contribution in [-0.4, -0.2) is 33.6 Å². The van der Waals surface area contributed by atoms with Crippen molar-refractivity contribution in [3.63, 3.8) is 0 Å². The van der Waals surface area contributed by atoms with E-state index in [-0.39, 0.29) is 5.54 Å². The minimum Gasteiger partial charge on any atom is -0.337 e. The van der Waals surface area contributed by atoms with Crippen molar-refractivity contribution in [3.8, 4) is 0 Å². The summed E-state index contributed by atoms with van der Waals surface area (Å²) >= 11 is 0. The number of imidazole rings is 1.